The predicted octanol–water partition coefficient (Wildman–Crippen LogP) is 3.94. The summed E-state index contributed by atoms with van der Waals surface area (Å²) in [6.45, 7) is 0.815. The molecule has 2 heterocycles. The number of amides is 1. The van der Waals surface area contributed by atoms with Gasteiger partial charge in [0.25, 0.3) is 0 Å². The third kappa shape index (κ3) is 3.30. The Morgan fingerprint density at radius 1 is 1.12 bits per heavy atom. The quantitative estimate of drug-likeness (QED) is 0.919. The molecule has 1 aromatic carbocycles. The van der Waals surface area contributed by atoms with E-state index < -0.39 is 0 Å². The van der Waals surface area contributed by atoms with E-state index in [1.54, 1.807) is 12.1 Å². The highest BCUT2D eigenvalue weighted by Crippen LogP contribution is 2.29. The Bertz CT molecular complexity index is 780. The van der Waals surface area contributed by atoms with Gasteiger partial charge < -0.3 is 9.88 Å². The van der Waals surface area contributed by atoms with Gasteiger partial charge in [-0.15, -0.1) is 10.2 Å². The Hall–Kier alpha value is -2.24. The van der Waals surface area contributed by atoms with Crippen molar-refractivity contribution in [1.29, 1.82) is 0 Å². The van der Waals surface area contributed by atoms with Gasteiger partial charge in [-0.25, -0.2) is 4.39 Å². The smallest absolute Gasteiger partial charge is 0.227 e. The number of fused-ring (bicyclic) bond motifs is 1. The van der Waals surface area contributed by atoms with Crippen molar-refractivity contribution in [2.45, 2.75) is 57.9 Å². The van der Waals surface area contributed by atoms with Crippen LogP contribution in [0.15, 0.2) is 18.2 Å². The molecule has 25 heavy (non-hydrogen) atoms. The molecule has 2 aliphatic rings. The standard InChI is InChI=1S/C19H23FN4O/c20-16-10-9-14(21-19(25)13-6-3-4-7-13)12-15(16)18-23-22-17-8-2-1-5-11-24(17)18/h9-10,12-13H,1-8,11H2,(H,21,25). The molecule has 1 aromatic heterocycles. The summed E-state index contributed by atoms with van der Waals surface area (Å²) < 4.78 is 16.5. The van der Waals surface area contributed by atoms with Gasteiger partial charge in [-0.2, -0.15) is 0 Å². The van der Waals surface area contributed by atoms with Crippen LogP contribution in [0.1, 0.15) is 50.8 Å². The van der Waals surface area contributed by atoms with Gasteiger partial charge in [-0.3, -0.25) is 4.79 Å². The molecular weight excluding hydrogens is 319 g/mol. The van der Waals surface area contributed by atoms with Crippen LogP contribution in [0.25, 0.3) is 11.4 Å². The summed E-state index contributed by atoms with van der Waals surface area (Å²) >= 11 is 0. The van der Waals surface area contributed by atoms with Crippen molar-refractivity contribution in [3.8, 4) is 11.4 Å². The maximum Gasteiger partial charge on any atom is 0.227 e. The third-order valence-corrected chi connectivity index (χ3v) is 5.31. The Morgan fingerprint density at radius 3 is 2.80 bits per heavy atom. The molecule has 2 aromatic rings. The molecular formula is C19H23FN4O. The highest BCUT2D eigenvalue weighted by molar-refractivity contribution is 5.93. The van der Waals surface area contributed by atoms with Gasteiger partial charge in [0.15, 0.2) is 5.82 Å². The van der Waals surface area contributed by atoms with Crippen molar-refractivity contribution >= 4 is 11.6 Å². The van der Waals surface area contributed by atoms with Crippen LogP contribution in [0, 0.1) is 11.7 Å². The summed E-state index contributed by atoms with van der Waals surface area (Å²) in [5.74, 6) is 1.27. The maximum absolute atomic E-state index is 14.4. The number of hydrogen-bond donors (Lipinski definition) is 1. The van der Waals surface area contributed by atoms with Crippen molar-refractivity contribution in [3.05, 3.63) is 29.8 Å². The van der Waals surface area contributed by atoms with Gasteiger partial charge in [0, 0.05) is 24.6 Å². The molecule has 0 saturated heterocycles. The van der Waals surface area contributed by atoms with Crippen LogP contribution in [-0.4, -0.2) is 20.7 Å². The number of hydrogen-bond acceptors (Lipinski definition) is 3. The number of rotatable bonds is 3. The van der Waals surface area contributed by atoms with E-state index in [1.165, 1.54) is 6.07 Å². The second-order valence-corrected chi connectivity index (χ2v) is 7.07. The summed E-state index contributed by atoms with van der Waals surface area (Å²) in [4.78, 5) is 12.3. The molecule has 0 spiro atoms. The third-order valence-electron chi connectivity index (χ3n) is 5.31. The van der Waals surface area contributed by atoms with Crippen LogP contribution >= 0.6 is 0 Å². The van der Waals surface area contributed by atoms with E-state index in [0.717, 1.165) is 63.7 Å². The molecule has 1 amide bonds. The van der Waals surface area contributed by atoms with Crippen LogP contribution in [0.3, 0.4) is 0 Å². The molecule has 132 valence electrons. The minimum Gasteiger partial charge on any atom is -0.326 e. The molecule has 1 aliphatic carbocycles. The Kier molecular flexibility index (Phi) is 4.51. The molecule has 1 N–H and O–H groups in total. The van der Waals surface area contributed by atoms with Crippen LogP contribution in [0.4, 0.5) is 10.1 Å². The summed E-state index contributed by atoms with van der Waals surface area (Å²) in [6.07, 6.45) is 8.29. The number of aromatic nitrogens is 3. The molecule has 0 unspecified atom stereocenters. The maximum atomic E-state index is 14.4. The van der Waals surface area contributed by atoms with E-state index >= 15 is 0 Å². The number of nitrogens with zero attached hydrogens (tertiary/aromatic N) is 3. The number of carbonyl (C=O) groups excluding carboxylic acids is 1. The molecule has 6 heteroatoms. The molecule has 4 rings (SSSR count). The molecule has 0 bridgehead atoms. The lowest BCUT2D eigenvalue weighted by Gasteiger charge is -2.12. The van der Waals surface area contributed by atoms with Gasteiger partial charge in [-0.05, 0) is 43.9 Å². The first kappa shape index (κ1) is 16.2. The van der Waals surface area contributed by atoms with Crippen molar-refractivity contribution < 1.29 is 9.18 Å². The van der Waals surface area contributed by atoms with Crippen molar-refractivity contribution in [2.75, 3.05) is 5.32 Å². The topological polar surface area (TPSA) is 59.8 Å². The number of anilines is 1. The molecule has 1 fully saturated rings. The molecule has 1 aliphatic heterocycles. The van der Waals surface area contributed by atoms with Crippen molar-refractivity contribution in [3.63, 3.8) is 0 Å². The Morgan fingerprint density at radius 2 is 1.96 bits per heavy atom. The van der Waals surface area contributed by atoms with Crippen LogP contribution in [-0.2, 0) is 17.8 Å². The van der Waals surface area contributed by atoms with E-state index in [1.807, 2.05) is 4.57 Å². The zero-order valence-electron chi connectivity index (χ0n) is 14.3. The summed E-state index contributed by atoms with van der Waals surface area (Å²) in [6, 6.07) is 4.70. The highest BCUT2D eigenvalue weighted by Gasteiger charge is 2.23. The summed E-state index contributed by atoms with van der Waals surface area (Å²) in [7, 11) is 0. The fourth-order valence-electron chi connectivity index (χ4n) is 3.89. The van der Waals surface area contributed by atoms with E-state index in [0.29, 0.717) is 17.1 Å². The lowest BCUT2D eigenvalue weighted by Crippen LogP contribution is -2.20. The first-order valence-electron chi connectivity index (χ1n) is 9.25. The van der Waals surface area contributed by atoms with E-state index in [2.05, 4.69) is 15.5 Å². The molecule has 5 nitrogen and oxygen atoms in total. The monoisotopic (exact) mass is 342 g/mol. The van der Waals surface area contributed by atoms with Crippen LogP contribution in [0.5, 0.6) is 0 Å². The largest absolute Gasteiger partial charge is 0.326 e. The van der Waals surface area contributed by atoms with Crippen molar-refractivity contribution in [2.24, 2.45) is 5.92 Å². The van der Waals surface area contributed by atoms with Crippen LogP contribution < -0.4 is 5.32 Å². The van der Waals surface area contributed by atoms with E-state index in [9.17, 15) is 9.18 Å². The molecule has 0 radical (unpaired) electrons. The van der Waals surface area contributed by atoms with Crippen molar-refractivity contribution in [1.82, 2.24) is 14.8 Å². The zero-order chi connectivity index (χ0) is 17.2. The lowest BCUT2D eigenvalue weighted by molar-refractivity contribution is -0.119. The average molecular weight is 342 g/mol. The number of nitrogens with one attached hydrogen (secondary N) is 1. The lowest BCUT2D eigenvalue weighted by atomic mass is 10.1. The number of carbonyl (C=O) groups is 1. The minimum absolute atomic E-state index is 0.0372. The number of aryl methyl sites for hydroxylation is 1. The first-order chi connectivity index (χ1) is 12.2. The van der Waals surface area contributed by atoms with Gasteiger partial charge in [-0.1, -0.05) is 19.3 Å². The fraction of sp³-hybridized carbons (Fsp3) is 0.526. The number of benzene rings is 1. The highest BCUT2D eigenvalue weighted by atomic mass is 19.1. The summed E-state index contributed by atoms with van der Waals surface area (Å²) in [5, 5.41) is 11.4. The zero-order valence-corrected chi connectivity index (χ0v) is 14.3. The predicted molar refractivity (Wildman–Crippen MR) is 93.6 cm³/mol. The normalized spacial score (nSPS) is 18.0. The SMILES string of the molecule is O=C(Nc1ccc(F)c(-c2nnc3n2CCCCC3)c1)C1CCCC1. The van der Waals surface area contributed by atoms with Gasteiger partial charge in [0.2, 0.25) is 5.91 Å². The van der Waals surface area contributed by atoms with Gasteiger partial charge >= 0.3 is 0 Å². The van der Waals surface area contributed by atoms with Gasteiger partial charge in [0.05, 0.1) is 5.56 Å². The minimum atomic E-state index is -0.335. The first-order valence-corrected chi connectivity index (χ1v) is 9.25. The number of halogens is 1. The van der Waals surface area contributed by atoms with E-state index in [4.69, 9.17) is 0 Å². The Labute approximate surface area is 146 Å². The summed E-state index contributed by atoms with van der Waals surface area (Å²) in [5.41, 5.74) is 1.03. The van der Waals surface area contributed by atoms with E-state index in [-0.39, 0.29) is 17.6 Å². The van der Waals surface area contributed by atoms with Gasteiger partial charge in [0.1, 0.15) is 11.6 Å². The second-order valence-electron chi connectivity index (χ2n) is 7.07. The van der Waals surface area contributed by atoms with Crippen LogP contribution in [0.2, 0.25) is 0 Å². The average Bonchev–Trinajstić information content (AvgIpc) is 3.22. The molecule has 0 atom stereocenters. The Balaban J connectivity index is 1.62. The second kappa shape index (κ2) is 6.94. The fourth-order valence-corrected chi connectivity index (χ4v) is 3.89. The molecule has 1 saturated carbocycles.